The molecule has 0 unspecified atom stereocenters. The second kappa shape index (κ2) is 6.63. The Kier molecular flexibility index (Phi) is 9.00. The van der Waals surface area contributed by atoms with E-state index in [-0.39, 0.29) is 61.7 Å². The van der Waals surface area contributed by atoms with E-state index >= 15 is 0 Å². The van der Waals surface area contributed by atoms with Crippen molar-refractivity contribution < 1.29 is 19.8 Å². The van der Waals surface area contributed by atoms with Crippen LogP contribution in [0, 0.1) is 0 Å². The topological polar surface area (TPSA) is 74.6 Å². The van der Waals surface area contributed by atoms with E-state index in [9.17, 15) is 9.59 Å². The van der Waals surface area contributed by atoms with Crippen LogP contribution in [0.2, 0.25) is 0 Å². The normalized spacial score (nSPS) is 7.56. The predicted octanol–water partition coefficient (Wildman–Crippen LogP) is -0.980. The van der Waals surface area contributed by atoms with Gasteiger partial charge in [-0.05, 0) is 0 Å². The fourth-order valence-corrected chi connectivity index (χ4v) is 0.214. The molecule has 0 aliphatic carbocycles. The zero-order chi connectivity index (χ0) is 6.57. The third-order valence-corrected chi connectivity index (χ3v) is 0.553. The Labute approximate surface area is 92.3 Å². The monoisotopic (exact) mass is 258 g/mol. The van der Waals surface area contributed by atoms with Gasteiger partial charge in [-0.1, -0.05) is 0 Å². The van der Waals surface area contributed by atoms with E-state index in [1.807, 2.05) is 0 Å². The summed E-state index contributed by atoms with van der Waals surface area (Å²) in [6.45, 7) is 0. The Morgan fingerprint density at radius 3 is 1.33 bits per heavy atom. The van der Waals surface area contributed by atoms with Crippen LogP contribution in [-0.4, -0.2) is 71.0 Å². The summed E-state index contributed by atoms with van der Waals surface area (Å²) in [7, 11) is 0. The SMILES string of the molecule is O=C(O)CCC(=O)O.[BaH2]. The van der Waals surface area contributed by atoms with E-state index in [2.05, 4.69) is 0 Å². The molecule has 0 spiro atoms. The molecule has 0 fully saturated rings. The van der Waals surface area contributed by atoms with Gasteiger partial charge in [0.25, 0.3) is 0 Å². The minimum absolute atomic E-state index is 0. The third-order valence-electron chi connectivity index (χ3n) is 0.553. The van der Waals surface area contributed by atoms with Gasteiger partial charge in [-0.2, -0.15) is 0 Å². The number of carboxylic acid groups (broad SMARTS) is 2. The van der Waals surface area contributed by atoms with Gasteiger partial charge in [-0.25, -0.2) is 0 Å². The van der Waals surface area contributed by atoms with E-state index < -0.39 is 11.9 Å². The second-order valence-electron chi connectivity index (χ2n) is 1.29. The number of carboxylic acids is 2. The van der Waals surface area contributed by atoms with E-state index in [0.29, 0.717) is 0 Å². The molecule has 0 atom stereocenters. The van der Waals surface area contributed by atoms with Gasteiger partial charge in [0.2, 0.25) is 0 Å². The molecule has 0 heterocycles. The molecule has 0 aromatic heterocycles. The van der Waals surface area contributed by atoms with Crippen LogP contribution < -0.4 is 0 Å². The molecule has 0 aromatic rings. The maximum atomic E-state index is 9.64. The van der Waals surface area contributed by atoms with Gasteiger partial charge < -0.3 is 10.2 Å². The zero-order valence-corrected chi connectivity index (χ0v) is 4.13. The van der Waals surface area contributed by atoms with Gasteiger partial charge in [-0.3, -0.25) is 9.59 Å². The molecule has 0 bridgehead atoms. The predicted molar refractivity (Wildman–Crippen MR) is 33.0 cm³/mol. The summed E-state index contributed by atoms with van der Waals surface area (Å²) in [5.41, 5.74) is 0. The quantitative estimate of drug-likeness (QED) is 0.637. The fourth-order valence-electron chi connectivity index (χ4n) is 0.214. The number of rotatable bonds is 3. The van der Waals surface area contributed by atoms with Crippen LogP contribution in [0.25, 0.3) is 0 Å². The van der Waals surface area contributed by atoms with Crippen molar-refractivity contribution in [1.29, 1.82) is 0 Å². The number of aliphatic carboxylic acids is 2. The molecule has 50 valence electrons. The van der Waals surface area contributed by atoms with E-state index in [1.54, 1.807) is 0 Å². The van der Waals surface area contributed by atoms with Crippen LogP contribution in [0.3, 0.4) is 0 Å². The van der Waals surface area contributed by atoms with Crippen molar-refractivity contribution >= 4 is 60.8 Å². The molecule has 0 saturated heterocycles. The first-order valence-electron chi connectivity index (χ1n) is 2.06. The summed E-state index contributed by atoms with van der Waals surface area (Å²) >= 11 is 0. The van der Waals surface area contributed by atoms with Crippen LogP contribution in [0.15, 0.2) is 0 Å². The molecule has 2 N–H and O–H groups in total. The third kappa shape index (κ3) is 11.9. The summed E-state index contributed by atoms with van der Waals surface area (Å²) < 4.78 is 0. The van der Waals surface area contributed by atoms with Gasteiger partial charge in [-0.15, -0.1) is 0 Å². The molecule has 0 saturated carbocycles. The molecule has 0 aliphatic heterocycles. The van der Waals surface area contributed by atoms with Gasteiger partial charge in [0.05, 0.1) is 12.8 Å². The molecule has 0 aromatic carbocycles. The van der Waals surface area contributed by atoms with Crippen molar-refractivity contribution in [2.45, 2.75) is 12.8 Å². The average molecular weight is 257 g/mol. The molecular weight excluding hydrogens is 249 g/mol. The number of carbonyl (C=O) groups is 2. The molecule has 0 rings (SSSR count). The van der Waals surface area contributed by atoms with E-state index in [0.717, 1.165) is 0 Å². The zero-order valence-electron chi connectivity index (χ0n) is 4.13. The molecule has 0 radical (unpaired) electrons. The number of hydrogen-bond donors (Lipinski definition) is 2. The van der Waals surface area contributed by atoms with Crippen LogP contribution in [0.4, 0.5) is 0 Å². The summed E-state index contributed by atoms with van der Waals surface area (Å²) in [5.74, 6) is -2.15. The van der Waals surface area contributed by atoms with Gasteiger partial charge in [0.1, 0.15) is 0 Å². The summed E-state index contributed by atoms with van der Waals surface area (Å²) in [6, 6.07) is 0. The van der Waals surface area contributed by atoms with Gasteiger partial charge in [0, 0.05) is 0 Å². The van der Waals surface area contributed by atoms with E-state index in [4.69, 9.17) is 10.2 Å². The summed E-state index contributed by atoms with van der Waals surface area (Å²) in [4.78, 5) is 19.3. The molecule has 5 heteroatoms. The van der Waals surface area contributed by atoms with Crippen molar-refractivity contribution in [1.82, 2.24) is 0 Å². The molecule has 9 heavy (non-hydrogen) atoms. The Balaban J connectivity index is 0. The Morgan fingerprint density at radius 2 is 1.22 bits per heavy atom. The summed E-state index contributed by atoms with van der Waals surface area (Å²) in [5, 5.41) is 15.8. The van der Waals surface area contributed by atoms with Gasteiger partial charge in [0.15, 0.2) is 0 Å². The van der Waals surface area contributed by atoms with Gasteiger partial charge >= 0.3 is 60.8 Å². The molecule has 4 nitrogen and oxygen atoms in total. The maximum absolute atomic E-state index is 9.64. The molecular formula is C4H8BaO4. The summed E-state index contributed by atoms with van der Waals surface area (Å²) in [6.07, 6.45) is -0.593. The standard InChI is InChI=1S/C4H6O4.Ba.2H/c5-3(6)1-2-4(7)8;;;/h1-2H2,(H,5,6)(H,7,8);;;. The Morgan fingerprint density at radius 1 is 1.00 bits per heavy atom. The molecule has 0 amide bonds. The Hall–Kier alpha value is 0.511. The van der Waals surface area contributed by atoms with Crippen LogP contribution in [0.1, 0.15) is 12.8 Å². The molecule has 0 aliphatic rings. The van der Waals surface area contributed by atoms with E-state index in [1.165, 1.54) is 0 Å². The number of hydrogen-bond acceptors (Lipinski definition) is 2. The first-order valence-corrected chi connectivity index (χ1v) is 2.06. The second-order valence-corrected chi connectivity index (χ2v) is 1.29. The Bertz CT molecular complexity index is 97.1. The average Bonchev–Trinajstić information content (AvgIpc) is 1.61. The first-order chi connectivity index (χ1) is 3.63. The minimum atomic E-state index is -1.08. The fraction of sp³-hybridized carbons (Fsp3) is 0.500. The van der Waals surface area contributed by atoms with Crippen molar-refractivity contribution in [3.63, 3.8) is 0 Å². The van der Waals surface area contributed by atoms with Crippen LogP contribution >= 0.6 is 0 Å². The van der Waals surface area contributed by atoms with Crippen molar-refractivity contribution in [2.24, 2.45) is 0 Å². The van der Waals surface area contributed by atoms with Crippen molar-refractivity contribution in [2.75, 3.05) is 0 Å². The van der Waals surface area contributed by atoms with Crippen LogP contribution in [0.5, 0.6) is 0 Å². The van der Waals surface area contributed by atoms with Crippen molar-refractivity contribution in [3.8, 4) is 0 Å². The first kappa shape index (κ1) is 12.2. The van der Waals surface area contributed by atoms with Crippen LogP contribution in [-0.2, 0) is 9.59 Å². The van der Waals surface area contributed by atoms with Crippen molar-refractivity contribution in [3.05, 3.63) is 0 Å².